The van der Waals surface area contributed by atoms with E-state index in [1.165, 1.54) is 12.1 Å². The van der Waals surface area contributed by atoms with E-state index in [0.29, 0.717) is 16.9 Å². The van der Waals surface area contributed by atoms with Crippen LogP contribution in [-0.4, -0.2) is 20.3 Å². The number of imidazole rings is 1. The van der Waals surface area contributed by atoms with Gasteiger partial charge in [-0.1, -0.05) is 19.4 Å². The summed E-state index contributed by atoms with van der Waals surface area (Å²) in [5.74, 6) is 0.179. The van der Waals surface area contributed by atoms with Gasteiger partial charge in [0.05, 0.1) is 23.3 Å². The summed E-state index contributed by atoms with van der Waals surface area (Å²) in [7, 11) is 0. The zero-order chi connectivity index (χ0) is 21.1. The van der Waals surface area contributed by atoms with E-state index >= 15 is 0 Å². The van der Waals surface area contributed by atoms with Crippen LogP contribution in [-0.2, 0) is 0 Å². The molecule has 152 valence electrons. The van der Waals surface area contributed by atoms with Crippen LogP contribution >= 0.6 is 15.9 Å². The molecule has 4 aromatic rings. The van der Waals surface area contributed by atoms with Crippen LogP contribution in [0.4, 0.5) is 4.39 Å². The van der Waals surface area contributed by atoms with Crippen LogP contribution in [0.25, 0.3) is 16.9 Å². The lowest BCUT2D eigenvalue weighted by atomic mass is 10.0. The maximum Gasteiger partial charge on any atom is 0.253 e. The predicted molar refractivity (Wildman–Crippen MR) is 118 cm³/mol. The Balaban J connectivity index is 1.66. The van der Waals surface area contributed by atoms with Crippen molar-refractivity contribution in [2.24, 2.45) is 0 Å². The molecule has 1 aromatic carbocycles. The molecular weight excluding hydrogens is 447 g/mol. The molecule has 1 amide bonds. The minimum absolute atomic E-state index is 0.136. The van der Waals surface area contributed by atoms with E-state index in [0.717, 1.165) is 28.6 Å². The first-order valence-electron chi connectivity index (χ1n) is 9.71. The fourth-order valence-corrected chi connectivity index (χ4v) is 3.70. The van der Waals surface area contributed by atoms with E-state index in [9.17, 15) is 9.18 Å². The van der Waals surface area contributed by atoms with Gasteiger partial charge in [-0.3, -0.25) is 9.20 Å². The molecule has 3 heterocycles. The molecule has 0 bridgehead atoms. The van der Waals surface area contributed by atoms with Crippen LogP contribution in [0.3, 0.4) is 0 Å². The first-order valence-corrected chi connectivity index (χ1v) is 10.5. The summed E-state index contributed by atoms with van der Waals surface area (Å²) in [4.78, 5) is 21.9. The second-order valence-electron chi connectivity index (χ2n) is 6.99. The third-order valence-electron chi connectivity index (χ3n) is 4.95. The Kier molecular flexibility index (Phi) is 5.90. The van der Waals surface area contributed by atoms with Gasteiger partial charge in [0.2, 0.25) is 0 Å². The largest absolute Gasteiger partial charge is 0.345 e. The van der Waals surface area contributed by atoms with E-state index in [2.05, 4.69) is 38.1 Å². The minimum atomic E-state index is -0.302. The van der Waals surface area contributed by atoms with Gasteiger partial charge in [-0.2, -0.15) is 0 Å². The third-order valence-corrected chi connectivity index (χ3v) is 5.42. The predicted octanol–water partition coefficient (Wildman–Crippen LogP) is 5.57. The summed E-state index contributed by atoms with van der Waals surface area (Å²) < 4.78 is 15.9. The van der Waals surface area contributed by atoms with Crippen molar-refractivity contribution < 1.29 is 9.18 Å². The number of hydrogen-bond acceptors (Lipinski definition) is 3. The number of benzene rings is 1. The molecule has 0 aliphatic rings. The molecule has 3 aromatic heterocycles. The molecule has 0 aliphatic heterocycles. The van der Waals surface area contributed by atoms with Crippen molar-refractivity contribution in [2.45, 2.75) is 25.8 Å². The first-order chi connectivity index (χ1) is 14.6. The fraction of sp³-hybridized carbons (Fsp3) is 0.174. The number of aromatic nitrogens is 3. The fourth-order valence-electron chi connectivity index (χ4n) is 3.47. The number of pyridine rings is 2. The number of carbonyl (C=O) groups excluding carboxylic acids is 1. The molecule has 30 heavy (non-hydrogen) atoms. The number of nitrogens with one attached hydrogen (secondary N) is 1. The lowest BCUT2D eigenvalue weighted by Crippen LogP contribution is -2.29. The van der Waals surface area contributed by atoms with Crippen LogP contribution < -0.4 is 5.32 Å². The lowest BCUT2D eigenvalue weighted by molar-refractivity contribution is 0.0935. The van der Waals surface area contributed by atoms with Gasteiger partial charge in [0.1, 0.15) is 16.2 Å². The zero-order valence-electron chi connectivity index (χ0n) is 16.3. The van der Waals surface area contributed by atoms with Crippen LogP contribution in [0.15, 0.2) is 71.7 Å². The van der Waals surface area contributed by atoms with E-state index in [4.69, 9.17) is 0 Å². The van der Waals surface area contributed by atoms with Crippen LogP contribution in [0.1, 0.15) is 41.7 Å². The molecule has 0 saturated heterocycles. The average Bonchev–Trinajstić information content (AvgIpc) is 3.19. The Hall–Kier alpha value is -3.06. The van der Waals surface area contributed by atoms with Gasteiger partial charge in [0, 0.05) is 18.0 Å². The quantitative estimate of drug-likeness (QED) is 0.378. The lowest BCUT2D eigenvalue weighted by Gasteiger charge is -2.19. The van der Waals surface area contributed by atoms with E-state index in [1.807, 2.05) is 28.8 Å². The van der Waals surface area contributed by atoms with Gasteiger partial charge in [-0.25, -0.2) is 14.4 Å². The molecule has 1 atom stereocenters. The minimum Gasteiger partial charge on any atom is -0.345 e. The van der Waals surface area contributed by atoms with Crippen molar-refractivity contribution >= 4 is 27.4 Å². The molecule has 0 spiro atoms. The van der Waals surface area contributed by atoms with E-state index < -0.39 is 0 Å². The molecule has 0 radical (unpaired) electrons. The SMILES string of the molecule is CCC[C@H](NC(=O)c1cccn2c(-c3ccc(F)cc3)ncc12)c1ccc(Br)nc1. The number of rotatable bonds is 6. The van der Waals surface area contributed by atoms with Crippen molar-refractivity contribution in [3.05, 3.63) is 88.7 Å². The van der Waals surface area contributed by atoms with E-state index in [-0.39, 0.29) is 17.8 Å². The molecule has 1 N–H and O–H groups in total. The van der Waals surface area contributed by atoms with Crippen molar-refractivity contribution in [2.75, 3.05) is 0 Å². The molecule has 0 saturated carbocycles. The maximum atomic E-state index is 13.3. The number of halogens is 2. The Morgan fingerprint density at radius 1 is 1.13 bits per heavy atom. The monoisotopic (exact) mass is 466 g/mol. The molecule has 5 nitrogen and oxygen atoms in total. The summed E-state index contributed by atoms with van der Waals surface area (Å²) in [6.45, 7) is 2.08. The van der Waals surface area contributed by atoms with Gasteiger partial charge >= 0.3 is 0 Å². The van der Waals surface area contributed by atoms with Gasteiger partial charge in [-0.15, -0.1) is 0 Å². The molecule has 0 aliphatic carbocycles. The van der Waals surface area contributed by atoms with Crippen molar-refractivity contribution in [1.82, 2.24) is 19.7 Å². The maximum absolute atomic E-state index is 13.3. The smallest absolute Gasteiger partial charge is 0.253 e. The van der Waals surface area contributed by atoms with E-state index in [1.54, 1.807) is 30.6 Å². The molecule has 7 heteroatoms. The molecule has 0 unspecified atom stereocenters. The highest BCUT2D eigenvalue weighted by Gasteiger charge is 2.19. The normalized spacial score (nSPS) is 12.1. The Morgan fingerprint density at radius 3 is 2.63 bits per heavy atom. The van der Waals surface area contributed by atoms with Crippen LogP contribution in [0, 0.1) is 5.82 Å². The molecule has 0 fully saturated rings. The summed E-state index contributed by atoms with van der Waals surface area (Å²) in [5, 5.41) is 3.13. The topological polar surface area (TPSA) is 59.3 Å². The Bertz CT molecular complexity index is 1170. The Labute approximate surface area is 182 Å². The summed E-state index contributed by atoms with van der Waals surface area (Å²) >= 11 is 3.34. The zero-order valence-corrected chi connectivity index (χ0v) is 17.9. The molecular formula is C23H20BrFN4O. The Morgan fingerprint density at radius 2 is 1.93 bits per heavy atom. The first kappa shape index (κ1) is 20.2. The van der Waals surface area contributed by atoms with Gasteiger partial charge in [0.15, 0.2) is 0 Å². The summed E-state index contributed by atoms with van der Waals surface area (Å²) in [5.41, 5.74) is 2.96. The van der Waals surface area contributed by atoms with Crippen molar-refractivity contribution in [3.8, 4) is 11.4 Å². The van der Waals surface area contributed by atoms with Crippen LogP contribution in [0.5, 0.6) is 0 Å². The van der Waals surface area contributed by atoms with Crippen LogP contribution in [0.2, 0.25) is 0 Å². The van der Waals surface area contributed by atoms with Gasteiger partial charge in [0.25, 0.3) is 5.91 Å². The highest BCUT2D eigenvalue weighted by molar-refractivity contribution is 9.10. The van der Waals surface area contributed by atoms with Crippen molar-refractivity contribution in [1.29, 1.82) is 0 Å². The molecule has 4 rings (SSSR count). The van der Waals surface area contributed by atoms with Crippen molar-refractivity contribution in [3.63, 3.8) is 0 Å². The highest BCUT2D eigenvalue weighted by Crippen LogP contribution is 2.24. The standard InChI is InChI=1S/C23H20BrFN4O/c1-2-4-19(16-8-11-21(24)26-13-16)28-23(30)18-5-3-12-29-20(18)14-27-22(29)15-6-9-17(25)10-7-15/h3,5-14,19H,2,4H2,1H3,(H,28,30)/t19-/m0/s1. The average molecular weight is 467 g/mol. The number of fused-ring (bicyclic) bond motifs is 1. The second-order valence-corrected chi connectivity index (χ2v) is 7.81. The number of nitrogens with zero attached hydrogens (tertiary/aromatic N) is 3. The number of carbonyl (C=O) groups is 1. The number of amides is 1. The highest BCUT2D eigenvalue weighted by atomic mass is 79.9. The van der Waals surface area contributed by atoms with Gasteiger partial charge in [-0.05, 0) is 70.4 Å². The summed E-state index contributed by atoms with van der Waals surface area (Å²) in [6, 6.07) is 13.4. The summed E-state index contributed by atoms with van der Waals surface area (Å²) in [6.07, 6.45) is 7.02. The third kappa shape index (κ3) is 4.11. The van der Waals surface area contributed by atoms with Gasteiger partial charge < -0.3 is 5.32 Å². The second kappa shape index (κ2) is 8.75. The number of hydrogen-bond donors (Lipinski definition) is 1.